The van der Waals surface area contributed by atoms with Gasteiger partial charge in [0.15, 0.2) is 0 Å². The van der Waals surface area contributed by atoms with Gasteiger partial charge in [0, 0.05) is 27.1 Å². The number of hydrogen-bond donors (Lipinski definition) is 0. The van der Waals surface area contributed by atoms with Gasteiger partial charge >= 0.3 is 0 Å². The normalized spacial score (nSPS) is 14.1. The third-order valence-corrected chi connectivity index (χ3v) is 15.8. The Kier molecular flexibility index (Phi) is 8.69. The third kappa shape index (κ3) is 8.26. The lowest BCUT2D eigenvalue weighted by atomic mass is 9.85. The molecule has 0 saturated carbocycles. The lowest BCUT2D eigenvalue weighted by Crippen LogP contribution is -1.91. The van der Waals surface area contributed by atoms with Crippen molar-refractivity contribution < 1.29 is 29.4 Å². The molecule has 2 heteroatoms. The molecular formula is C82H52O2. The Balaban J connectivity index is 0.000000156. The summed E-state index contributed by atoms with van der Waals surface area (Å²) in [4.78, 5) is 0. The van der Waals surface area contributed by atoms with E-state index in [1.54, 1.807) is 48.5 Å². The fourth-order valence-electron chi connectivity index (χ4n) is 12.1. The highest BCUT2D eigenvalue weighted by atomic mass is 16.3. The Hall–Kier alpha value is -11.1. The zero-order valence-corrected chi connectivity index (χ0v) is 44.7. The summed E-state index contributed by atoms with van der Waals surface area (Å²) < 4.78 is 147. The van der Waals surface area contributed by atoms with E-state index < -0.39 is 24.2 Å². The number of benzene rings is 15. The first-order valence-electron chi connectivity index (χ1n) is 35.1. The lowest BCUT2D eigenvalue weighted by Gasteiger charge is -2.18. The van der Waals surface area contributed by atoms with Gasteiger partial charge in [0.1, 0.15) is 22.3 Å². The zero-order chi connectivity index (χ0) is 68.6. The first-order chi connectivity index (χ1) is 48.0. The van der Waals surface area contributed by atoms with E-state index in [1.165, 1.54) is 0 Å². The van der Waals surface area contributed by atoms with E-state index in [2.05, 4.69) is 30.3 Å². The molecule has 2 heterocycles. The van der Waals surface area contributed by atoms with Crippen molar-refractivity contribution in [1.82, 2.24) is 0 Å². The maximum absolute atomic E-state index is 9.31. The summed E-state index contributed by atoms with van der Waals surface area (Å²) in [6, 6.07) is 66.5. The van der Waals surface area contributed by atoms with Crippen LogP contribution in [-0.2, 0) is 0 Å². The number of furan rings is 2. The number of hydrogen-bond acceptors (Lipinski definition) is 2. The van der Waals surface area contributed by atoms with Gasteiger partial charge < -0.3 is 8.83 Å². The van der Waals surface area contributed by atoms with Crippen LogP contribution in [0.25, 0.3) is 165 Å². The first-order valence-corrected chi connectivity index (χ1v) is 27.6. The third-order valence-electron chi connectivity index (χ3n) is 15.8. The van der Waals surface area contributed by atoms with E-state index in [0.29, 0.717) is 44.2 Å². The predicted molar refractivity (Wildman–Crippen MR) is 356 cm³/mol. The quantitative estimate of drug-likeness (QED) is 0.149. The van der Waals surface area contributed by atoms with Crippen molar-refractivity contribution in [3.63, 3.8) is 0 Å². The SMILES string of the molecule is [2H]c1c([2H])c(-c2c3ccccc3c(-c3ccccc3)c3ccccc23)c([2H])c([2H])c1-c1c([2H])c([2H])c2oc3ccccc3c2c1[2H].[2H]c1c([2H])c([2H])c2c(-c3ccc(-c4ccc5oc6ccccc6c5c4-c4ccccc4)cc3)c3c([2H])c([2H])c([2H])c([2H])c3c(-c3ccccc3)c2c1[2H]. The van der Waals surface area contributed by atoms with Crippen molar-refractivity contribution in [2.24, 2.45) is 0 Å². The molecule has 0 saturated heterocycles. The van der Waals surface area contributed by atoms with Crippen LogP contribution >= 0.6 is 0 Å². The van der Waals surface area contributed by atoms with Crippen molar-refractivity contribution in [1.29, 1.82) is 0 Å². The van der Waals surface area contributed by atoms with E-state index in [0.717, 1.165) is 76.9 Å². The van der Waals surface area contributed by atoms with Crippen LogP contribution < -0.4 is 0 Å². The maximum Gasteiger partial charge on any atom is 0.136 e. The predicted octanol–water partition coefficient (Wildman–Crippen LogP) is 23.5. The van der Waals surface area contributed by atoms with Gasteiger partial charge in [-0.1, -0.05) is 285 Å². The summed E-state index contributed by atoms with van der Waals surface area (Å²) in [5, 5.41) is 7.07. The Bertz CT molecular complexity index is 6100. The van der Waals surface area contributed by atoms with Gasteiger partial charge in [-0.05, 0) is 146 Å². The average Bonchev–Trinajstić information content (AvgIpc) is 0.743. The molecule has 17 aromatic rings. The highest BCUT2D eigenvalue weighted by Gasteiger charge is 2.21. The highest BCUT2D eigenvalue weighted by molar-refractivity contribution is 6.23. The monoisotopic (exact) mass is 1080 g/mol. The summed E-state index contributed by atoms with van der Waals surface area (Å²) in [6.07, 6.45) is 0. The molecule has 0 radical (unpaired) electrons. The Labute approximate surface area is 507 Å². The van der Waals surface area contributed by atoms with Crippen molar-refractivity contribution >= 4 is 87.0 Å². The van der Waals surface area contributed by atoms with Crippen LogP contribution in [0.1, 0.15) is 20.6 Å². The number of fused-ring (bicyclic) bond motifs is 10. The smallest absolute Gasteiger partial charge is 0.136 e. The topological polar surface area (TPSA) is 26.3 Å². The number of para-hydroxylation sites is 2. The van der Waals surface area contributed by atoms with Crippen LogP contribution in [0.4, 0.5) is 0 Å². The van der Waals surface area contributed by atoms with Gasteiger partial charge in [-0.2, -0.15) is 0 Å². The molecule has 0 aliphatic heterocycles. The van der Waals surface area contributed by atoms with Crippen molar-refractivity contribution in [3.05, 3.63) is 315 Å². The van der Waals surface area contributed by atoms with E-state index >= 15 is 0 Å². The molecule has 0 fully saturated rings. The maximum atomic E-state index is 9.31. The second-order valence-electron chi connectivity index (χ2n) is 20.5. The van der Waals surface area contributed by atoms with Crippen LogP contribution in [0.15, 0.2) is 324 Å². The summed E-state index contributed by atoms with van der Waals surface area (Å²) in [5.74, 6) is 0. The molecule has 0 atom stereocenters. The molecule has 0 bridgehead atoms. The molecule has 15 aromatic carbocycles. The van der Waals surface area contributed by atoms with Crippen LogP contribution in [0.5, 0.6) is 0 Å². The van der Waals surface area contributed by atoms with Gasteiger partial charge in [-0.15, -0.1) is 0 Å². The molecule has 2 nitrogen and oxygen atoms in total. The van der Waals surface area contributed by atoms with E-state index in [-0.39, 0.29) is 110 Å². The highest BCUT2D eigenvalue weighted by Crippen LogP contribution is 2.48. The molecule has 2 aromatic heterocycles. The minimum atomic E-state index is -0.423. The minimum absolute atomic E-state index is 0.0864. The molecule has 0 amide bonds. The zero-order valence-electron chi connectivity index (χ0n) is 59.7. The van der Waals surface area contributed by atoms with Crippen LogP contribution in [0.3, 0.4) is 0 Å². The van der Waals surface area contributed by atoms with Gasteiger partial charge in [-0.25, -0.2) is 0 Å². The summed E-state index contributed by atoms with van der Waals surface area (Å²) in [5.41, 5.74) is 10.2. The van der Waals surface area contributed by atoms with Crippen molar-refractivity contribution in [3.8, 4) is 77.9 Å². The van der Waals surface area contributed by atoms with Gasteiger partial charge in [-0.3, -0.25) is 0 Å². The molecule has 84 heavy (non-hydrogen) atoms. The van der Waals surface area contributed by atoms with Crippen LogP contribution in [0, 0.1) is 0 Å². The first kappa shape index (κ1) is 35.6. The van der Waals surface area contributed by atoms with Crippen LogP contribution in [-0.4, -0.2) is 0 Å². The summed E-state index contributed by atoms with van der Waals surface area (Å²) >= 11 is 0. The van der Waals surface area contributed by atoms with Gasteiger partial charge in [0.05, 0.1) is 20.6 Å². The summed E-state index contributed by atoms with van der Waals surface area (Å²) in [7, 11) is 0. The largest absolute Gasteiger partial charge is 0.456 e. The standard InChI is InChI=1S/C44H28O.C38H24O/c1-3-13-30(14-4-1)41-34-17-7-9-19-36(34)42(37-20-10-8-18-35(37)41)32-25-23-29(24-26-32)33-27-28-40-44(38-21-11-12-22-39(38)45-40)43(33)31-15-5-2-6-16-31;1-2-10-26(11-3-1)37-30-13-4-6-15-32(30)38(33-16-7-5-14-31(33)37)27-20-18-25(19-21-27)28-22-23-36-34(24-28)29-12-8-9-17-35(29)39-36/h1-28H;1-24H/i7D,8D,9D,10D,17D,18D,19D,20D;18D,19D,20D,21D,22D,23D,24D. The fourth-order valence-corrected chi connectivity index (χ4v) is 12.1. The van der Waals surface area contributed by atoms with Crippen molar-refractivity contribution in [2.75, 3.05) is 0 Å². The molecule has 0 unspecified atom stereocenters. The summed E-state index contributed by atoms with van der Waals surface area (Å²) in [6.45, 7) is 0. The Morgan fingerprint density at radius 2 is 0.571 bits per heavy atom. The second-order valence-corrected chi connectivity index (χ2v) is 20.5. The van der Waals surface area contributed by atoms with Crippen molar-refractivity contribution in [2.45, 2.75) is 0 Å². The molecule has 0 spiro atoms. The minimum Gasteiger partial charge on any atom is -0.456 e. The Morgan fingerprint density at radius 3 is 1.10 bits per heavy atom. The molecular weight excluding hydrogens is 1020 g/mol. The second kappa shape index (κ2) is 20.5. The van der Waals surface area contributed by atoms with Gasteiger partial charge in [0.25, 0.3) is 0 Å². The van der Waals surface area contributed by atoms with E-state index in [9.17, 15) is 8.22 Å². The molecule has 392 valence electrons. The molecule has 0 N–H and O–H groups in total. The number of rotatable bonds is 7. The molecule has 0 aliphatic rings. The lowest BCUT2D eigenvalue weighted by molar-refractivity contribution is 0.668. The Morgan fingerprint density at radius 1 is 0.202 bits per heavy atom. The fraction of sp³-hybridized carbons (Fsp3) is 0. The van der Waals surface area contributed by atoms with Gasteiger partial charge in [0.2, 0.25) is 0 Å². The molecule has 17 rings (SSSR count). The van der Waals surface area contributed by atoms with E-state index in [1.807, 2.05) is 146 Å². The molecule has 0 aliphatic carbocycles. The average molecular weight is 1080 g/mol. The van der Waals surface area contributed by atoms with Crippen LogP contribution in [0.2, 0.25) is 0 Å². The van der Waals surface area contributed by atoms with E-state index in [4.69, 9.17) is 21.2 Å².